The second kappa shape index (κ2) is 38.3. The first kappa shape index (κ1) is 77.3. The number of hydrogen-bond acceptors (Lipinski definition) is 20. The van der Waals surface area contributed by atoms with Gasteiger partial charge in [-0.1, -0.05) is 61.8 Å². The molecule has 0 aromatic carbocycles. The molecule has 0 spiro atoms. The summed E-state index contributed by atoms with van der Waals surface area (Å²) in [5.74, 6) is -15.9. The van der Waals surface area contributed by atoms with Crippen LogP contribution in [0.3, 0.4) is 0 Å². The molecule has 0 aromatic rings. The van der Waals surface area contributed by atoms with Crippen molar-refractivity contribution in [3.63, 3.8) is 0 Å². The smallest absolute Gasteiger partial charge is 0.326 e. The van der Waals surface area contributed by atoms with Crippen LogP contribution in [0.5, 0.6) is 0 Å². The van der Waals surface area contributed by atoms with Crippen LogP contribution in [0.4, 0.5) is 0 Å². The lowest BCUT2D eigenvalue weighted by Gasteiger charge is -2.27. The Bertz CT molecular complexity index is 2320. The fraction of sp³-hybridized carbons (Fsp3) is 0.725. The SMILES string of the molecule is CC[C@H](C)[C@H](NC(=O)[C@H](CO)NC(=O)CNC(=O)[C@@H](NC(=O)[C@H](C)NC(=O)[C@H](C)NC(=O)[C@H](CO)NC(=O)[C@@H](NC(=O)[C@H](CO)NC(=O)[C@H](CO)NC(=O)CNC(=O)[C@@H](NC(=O)[C@H](C)N)C(C)C)[C@@H](C)O)C(C)C)C(=O)N[C@@H](CC(C)C)C(=O)O. The van der Waals surface area contributed by atoms with E-state index >= 15 is 0 Å². The van der Waals surface area contributed by atoms with Crippen molar-refractivity contribution in [2.24, 2.45) is 29.4 Å². The number of carbonyl (C=O) groups excluding carboxylic acids is 13. The van der Waals surface area contributed by atoms with E-state index < -0.39 is 219 Å². The van der Waals surface area contributed by atoms with E-state index in [1.54, 1.807) is 41.5 Å². The molecule has 0 heterocycles. The summed E-state index contributed by atoms with van der Waals surface area (Å²) in [6, 6.07) is -17.8. The summed E-state index contributed by atoms with van der Waals surface area (Å²) in [4.78, 5) is 181. The quantitative estimate of drug-likeness (QED) is 0.0273. The molecule has 0 aromatic heterocycles. The monoisotopic (exact) mass is 1220 g/mol. The van der Waals surface area contributed by atoms with Crippen LogP contribution in [0.2, 0.25) is 0 Å². The first-order valence-electron chi connectivity index (χ1n) is 27.5. The molecule has 0 unspecified atom stereocenters. The average molecular weight is 1220 g/mol. The van der Waals surface area contributed by atoms with Gasteiger partial charge >= 0.3 is 5.97 Å². The summed E-state index contributed by atoms with van der Waals surface area (Å²) in [7, 11) is 0. The molecule has 14 atom stereocenters. The summed E-state index contributed by atoms with van der Waals surface area (Å²) in [6.45, 7) is 12.2. The Labute approximate surface area is 492 Å². The van der Waals surface area contributed by atoms with Crippen molar-refractivity contribution in [2.45, 2.75) is 175 Å². The summed E-state index contributed by atoms with van der Waals surface area (Å²) in [5, 5.41) is 89.1. The van der Waals surface area contributed by atoms with Gasteiger partial charge in [-0.05, 0) is 57.8 Å². The minimum atomic E-state index is -1.94. The number of rotatable bonds is 38. The number of carbonyl (C=O) groups is 14. The third kappa shape index (κ3) is 27.3. The van der Waals surface area contributed by atoms with Crippen LogP contribution in [-0.4, -0.2) is 232 Å². The molecule has 0 aliphatic heterocycles. The molecule has 0 saturated heterocycles. The first-order chi connectivity index (χ1) is 39.5. The van der Waals surface area contributed by atoms with Gasteiger partial charge in [0.25, 0.3) is 0 Å². The van der Waals surface area contributed by atoms with E-state index in [2.05, 4.69) is 63.8 Å². The number of amides is 13. The first-order valence-corrected chi connectivity index (χ1v) is 27.5. The highest BCUT2D eigenvalue weighted by Crippen LogP contribution is 2.12. The molecule has 13 amide bonds. The van der Waals surface area contributed by atoms with Crippen molar-refractivity contribution in [3.05, 3.63) is 0 Å². The van der Waals surface area contributed by atoms with Gasteiger partial charge in [-0.2, -0.15) is 0 Å². The maximum atomic E-state index is 13.3. The normalized spacial score (nSPS) is 16.2. The maximum Gasteiger partial charge on any atom is 0.326 e. The van der Waals surface area contributed by atoms with E-state index in [-0.39, 0.29) is 12.3 Å². The summed E-state index contributed by atoms with van der Waals surface area (Å²) < 4.78 is 0. The number of aliphatic hydroxyl groups is 5. The minimum Gasteiger partial charge on any atom is -0.480 e. The van der Waals surface area contributed by atoms with Crippen molar-refractivity contribution < 1.29 is 97.8 Å². The Morgan fingerprint density at radius 2 is 0.694 bits per heavy atom. The number of aliphatic carboxylic acids is 1. The zero-order valence-electron chi connectivity index (χ0n) is 49.9. The molecule has 34 nitrogen and oxygen atoms in total. The molecular weight excluding hydrogens is 1130 g/mol. The lowest BCUT2D eigenvalue weighted by atomic mass is 9.96. The van der Waals surface area contributed by atoms with E-state index in [9.17, 15) is 97.8 Å². The highest BCUT2D eigenvalue weighted by atomic mass is 16.4. The Kier molecular flexibility index (Phi) is 34.9. The number of nitrogens with two attached hydrogens (primary N) is 1. The summed E-state index contributed by atoms with van der Waals surface area (Å²) in [6.07, 6.45) is -1.27. The average Bonchev–Trinajstić information content (AvgIpc) is 3.52. The molecule has 0 rings (SSSR count). The standard InChI is InChI=1S/C51H90N14O20/c1-13-24(8)38(49(82)59-29(51(84)85)14-21(2)3)64-45(78)31(18-67)58-35(72)16-54-48(81)37(23(6)7)63-42(75)27(11)55-41(74)26(10)56-43(76)32(19-68)61-50(83)39(28(12)70)65-46(79)33(20-69)60-44(77)30(17-66)57-34(71)15-53-47(80)36(22(4)5)62-40(73)25(9)52/h21-33,36-39,66-70H,13-20,52H2,1-12H3,(H,53,80)(H,54,81)(H,55,74)(H,56,76)(H,57,71)(H,58,72)(H,59,82)(H,60,77)(H,61,83)(H,62,73)(H,63,75)(H,64,78)(H,65,79)(H,84,85)/t24-,25-,26-,27-,28+,29-,30-,31-,32-,33-,36-,37-,38-,39-/m0/s1. The highest BCUT2D eigenvalue weighted by Gasteiger charge is 2.37. The number of aliphatic hydroxyl groups excluding tert-OH is 5. The lowest BCUT2D eigenvalue weighted by molar-refractivity contribution is -0.143. The Morgan fingerprint density at radius 1 is 0.376 bits per heavy atom. The van der Waals surface area contributed by atoms with Gasteiger partial charge in [0.05, 0.1) is 51.7 Å². The molecular formula is C51H90N14O20. The molecule has 0 saturated carbocycles. The Hall–Kier alpha value is -7.66. The Morgan fingerprint density at radius 3 is 1.06 bits per heavy atom. The minimum absolute atomic E-state index is 0.0941. The lowest BCUT2D eigenvalue weighted by Crippen LogP contribution is -2.62. The number of nitrogens with one attached hydrogen (secondary N) is 13. The molecule has 0 aliphatic carbocycles. The molecule has 0 bridgehead atoms. The van der Waals surface area contributed by atoms with E-state index in [1.165, 1.54) is 27.7 Å². The van der Waals surface area contributed by atoms with Gasteiger partial charge in [0.2, 0.25) is 76.8 Å². The molecule has 0 aliphatic rings. The largest absolute Gasteiger partial charge is 0.480 e. The number of carboxylic acid groups (broad SMARTS) is 1. The van der Waals surface area contributed by atoms with Gasteiger partial charge in [0.15, 0.2) is 0 Å². The van der Waals surface area contributed by atoms with Gasteiger partial charge in [-0.25, -0.2) is 4.79 Å². The topological polar surface area (TPSA) is 543 Å². The summed E-state index contributed by atoms with van der Waals surface area (Å²) >= 11 is 0. The predicted molar refractivity (Wildman–Crippen MR) is 299 cm³/mol. The van der Waals surface area contributed by atoms with Crippen LogP contribution in [-0.2, 0) is 67.1 Å². The van der Waals surface area contributed by atoms with Gasteiger partial charge in [0, 0.05) is 0 Å². The fourth-order valence-electron chi connectivity index (χ4n) is 7.34. The second-order valence-corrected chi connectivity index (χ2v) is 21.4. The maximum absolute atomic E-state index is 13.3. The van der Waals surface area contributed by atoms with Crippen LogP contribution in [0.25, 0.3) is 0 Å². The van der Waals surface area contributed by atoms with Crippen molar-refractivity contribution >= 4 is 82.8 Å². The van der Waals surface area contributed by atoms with E-state index in [1.807, 2.05) is 5.32 Å². The zero-order valence-corrected chi connectivity index (χ0v) is 49.9. The third-order valence-electron chi connectivity index (χ3n) is 12.7. The van der Waals surface area contributed by atoms with E-state index in [0.717, 1.165) is 13.8 Å². The third-order valence-corrected chi connectivity index (χ3v) is 12.7. The van der Waals surface area contributed by atoms with Crippen molar-refractivity contribution in [3.8, 4) is 0 Å². The zero-order chi connectivity index (χ0) is 65.7. The predicted octanol–water partition coefficient (Wildman–Crippen LogP) is -9.22. The van der Waals surface area contributed by atoms with Crippen LogP contribution < -0.4 is 74.9 Å². The van der Waals surface area contributed by atoms with Crippen LogP contribution in [0.1, 0.15) is 95.9 Å². The van der Waals surface area contributed by atoms with Gasteiger partial charge in [-0.3, -0.25) is 62.3 Å². The molecule has 0 fully saturated rings. The van der Waals surface area contributed by atoms with Crippen molar-refractivity contribution in [2.75, 3.05) is 39.5 Å². The van der Waals surface area contributed by atoms with Crippen molar-refractivity contribution in [1.82, 2.24) is 69.1 Å². The van der Waals surface area contributed by atoms with E-state index in [0.29, 0.717) is 6.42 Å². The highest BCUT2D eigenvalue weighted by molar-refractivity contribution is 5.99. The van der Waals surface area contributed by atoms with Gasteiger partial charge < -0.3 is 105 Å². The molecule has 85 heavy (non-hydrogen) atoms. The van der Waals surface area contributed by atoms with Crippen LogP contribution >= 0.6 is 0 Å². The molecule has 34 heteroatoms. The molecule has 0 radical (unpaired) electrons. The van der Waals surface area contributed by atoms with Crippen molar-refractivity contribution in [1.29, 1.82) is 0 Å². The Balaban J connectivity index is 5.61. The number of hydrogen-bond donors (Lipinski definition) is 20. The molecule has 21 N–H and O–H groups in total. The van der Waals surface area contributed by atoms with Crippen LogP contribution in [0.15, 0.2) is 0 Å². The number of carboxylic acids is 1. The summed E-state index contributed by atoms with van der Waals surface area (Å²) in [5.41, 5.74) is 5.54. The van der Waals surface area contributed by atoms with E-state index in [4.69, 9.17) is 5.73 Å². The van der Waals surface area contributed by atoms with Gasteiger partial charge in [-0.15, -0.1) is 0 Å². The molecule has 484 valence electrons. The van der Waals surface area contributed by atoms with Gasteiger partial charge in [0.1, 0.15) is 66.5 Å². The fourth-order valence-corrected chi connectivity index (χ4v) is 7.34. The second-order valence-electron chi connectivity index (χ2n) is 21.4. The van der Waals surface area contributed by atoms with Crippen LogP contribution in [0, 0.1) is 23.7 Å².